The van der Waals surface area contributed by atoms with Gasteiger partial charge < -0.3 is 5.32 Å². The number of nitrogens with one attached hydrogen (secondary N) is 1. The lowest BCUT2D eigenvalue weighted by Crippen LogP contribution is -2.28. The van der Waals surface area contributed by atoms with Gasteiger partial charge in [-0.2, -0.15) is 0 Å². The first-order chi connectivity index (χ1) is 9.79. The Bertz CT molecular complexity index is 654. The Morgan fingerprint density at radius 1 is 1.38 bits per heavy atom. The van der Waals surface area contributed by atoms with Crippen LogP contribution < -0.4 is 5.32 Å². The van der Waals surface area contributed by atoms with Gasteiger partial charge in [-0.15, -0.1) is 0 Å². The molecular weight excluding hydrogens is 333 g/mol. The van der Waals surface area contributed by atoms with E-state index in [4.69, 9.17) is 22.3 Å². The van der Waals surface area contributed by atoms with Crippen LogP contribution in [-0.2, 0) is 9.05 Å². The van der Waals surface area contributed by atoms with Crippen molar-refractivity contribution >= 4 is 37.2 Å². The zero-order chi connectivity index (χ0) is 15.6. The second-order valence-electron chi connectivity index (χ2n) is 5.36. The van der Waals surface area contributed by atoms with Crippen LogP contribution in [0.3, 0.4) is 0 Å². The van der Waals surface area contributed by atoms with Gasteiger partial charge in [0.25, 0.3) is 15.0 Å². The summed E-state index contributed by atoms with van der Waals surface area (Å²) in [7, 11) is 1.43. The van der Waals surface area contributed by atoms with E-state index < -0.39 is 9.05 Å². The number of hydrogen-bond acceptors (Lipinski definition) is 3. The number of benzene rings is 1. The highest BCUT2D eigenvalue weighted by atomic mass is 35.7. The highest BCUT2D eigenvalue weighted by molar-refractivity contribution is 8.13. The van der Waals surface area contributed by atoms with Gasteiger partial charge in [0.05, 0.1) is 4.90 Å². The summed E-state index contributed by atoms with van der Waals surface area (Å²) in [4.78, 5) is 12.1. The lowest BCUT2D eigenvalue weighted by Gasteiger charge is -2.25. The summed E-state index contributed by atoms with van der Waals surface area (Å²) in [5.41, 5.74) is 0.561. The molecule has 4 nitrogen and oxygen atoms in total. The lowest BCUT2D eigenvalue weighted by molar-refractivity contribution is 0.0948. The Labute approximate surface area is 134 Å². The number of rotatable bonds is 5. The van der Waals surface area contributed by atoms with Crippen LogP contribution in [0.1, 0.15) is 41.6 Å². The quantitative estimate of drug-likeness (QED) is 0.827. The first kappa shape index (κ1) is 16.6. The molecule has 0 saturated heterocycles. The Hall–Kier alpha value is -0.780. The molecule has 1 fully saturated rings. The SMILES string of the molecule is Cc1c(C(=O)NCCC2CCC2)cc(Cl)cc1S(=O)(=O)Cl. The lowest BCUT2D eigenvalue weighted by atomic mass is 9.83. The predicted molar refractivity (Wildman–Crippen MR) is 83.5 cm³/mol. The van der Waals surface area contributed by atoms with Crippen molar-refractivity contribution in [3.63, 3.8) is 0 Å². The van der Waals surface area contributed by atoms with E-state index in [9.17, 15) is 13.2 Å². The first-order valence-corrected chi connectivity index (χ1v) is 9.51. The number of carbonyl (C=O) groups is 1. The maximum absolute atomic E-state index is 12.2. The van der Waals surface area contributed by atoms with E-state index in [2.05, 4.69) is 5.32 Å². The molecule has 1 aliphatic rings. The first-order valence-electron chi connectivity index (χ1n) is 6.82. The van der Waals surface area contributed by atoms with Gasteiger partial charge in [-0.05, 0) is 37.0 Å². The molecule has 1 aliphatic carbocycles. The zero-order valence-corrected chi connectivity index (χ0v) is 14.0. The summed E-state index contributed by atoms with van der Waals surface area (Å²) < 4.78 is 23.0. The van der Waals surface area contributed by atoms with Gasteiger partial charge in [-0.3, -0.25) is 4.79 Å². The average molecular weight is 350 g/mol. The van der Waals surface area contributed by atoms with E-state index in [0.29, 0.717) is 18.0 Å². The summed E-state index contributed by atoms with van der Waals surface area (Å²) in [6.45, 7) is 2.13. The normalized spacial score (nSPS) is 15.6. The second kappa shape index (κ2) is 6.55. The number of halogens is 2. The molecule has 1 aromatic carbocycles. The average Bonchev–Trinajstić information content (AvgIpc) is 2.33. The van der Waals surface area contributed by atoms with Crippen LogP contribution in [0.4, 0.5) is 0 Å². The van der Waals surface area contributed by atoms with Crippen LogP contribution in [0.15, 0.2) is 17.0 Å². The summed E-state index contributed by atoms with van der Waals surface area (Å²) in [6.07, 6.45) is 4.66. The van der Waals surface area contributed by atoms with E-state index in [1.54, 1.807) is 6.92 Å². The second-order valence-corrected chi connectivity index (χ2v) is 8.33. The van der Waals surface area contributed by atoms with Crippen molar-refractivity contribution in [1.82, 2.24) is 5.32 Å². The monoisotopic (exact) mass is 349 g/mol. The molecule has 0 spiro atoms. The van der Waals surface area contributed by atoms with Crippen molar-refractivity contribution < 1.29 is 13.2 Å². The molecule has 0 bridgehead atoms. The van der Waals surface area contributed by atoms with Gasteiger partial charge in [-0.25, -0.2) is 8.42 Å². The van der Waals surface area contributed by atoms with E-state index in [1.807, 2.05) is 0 Å². The Balaban J connectivity index is 2.14. The molecule has 0 radical (unpaired) electrons. The smallest absolute Gasteiger partial charge is 0.261 e. The van der Waals surface area contributed by atoms with E-state index in [1.165, 1.54) is 31.4 Å². The van der Waals surface area contributed by atoms with Gasteiger partial charge in [0.1, 0.15) is 0 Å². The fourth-order valence-corrected chi connectivity index (χ4v) is 3.92. The van der Waals surface area contributed by atoms with Crippen LogP contribution in [0, 0.1) is 12.8 Å². The molecule has 0 aliphatic heterocycles. The molecule has 0 atom stereocenters. The highest BCUT2D eigenvalue weighted by Crippen LogP contribution is 2.29. The molecule has 0 heterocycles. The van der Waals surface area contributed by atoms with Crippen LogP contribution in [-0.4, -0.2) is 20.9 Å². The molecule has 1 aromatic rings. The highest BCUT2D eigenvalue weighted by Gasteiger charge is 2.21. The largest absolute Gasteiger partial charge is 0.352 e. The molecule has 2 rings (SSSR count). The van der Waals surface area contributed by atoms with Crippen molar-refractivity contribution in [3.8, 4) is 0 Å². The molecule has 21 heavy (non-hydrogen) atoms. The van der Waals surface area contributed by atoms with Gasteiger partial charge in [0.15, 0.2) is 0 Å². The third kappa shape index (κ3) is 4.11. The van der Waals surface area contributed by atoms with Crippen molar-refractivity contribution in [1.29, 1.82) is 0 Å². The molecule has 7 heteroatoms. The molecule has 0 unspecified atom stereocenters. The molecule has 1 amide bonds. The van der Waals surface area contributed by atoms with E-state index >= 15 is 0 Å². The summed E-state index contributed by atoms with van der Waals surface area (Å²) >= 11 is 5.89. The Kier molecular flexibility index (Phi) is 5.17. The van der Waals surface area contributed by atoms with Crippen molar-refractivity contribution in [2.24, 2.45) is 5.92 Å². The van der Waals surface area contributed by atoms with Gasteiger partial charge in [0.2, 0.25) is 0 Å². The van der Waals surface area contributed by atoms with Gasteiger partial charge in [0, 0.05) is 27.8 Å². The number of amides is 1. The summed E-state index contributed by atoms with van der Waals surface area (Å²) in [5, 5.41) is 2.98. The fourth-order valence-electron chi connectivity index (χ4n) is 2.41. The standard InChI is InChI=1S/C14H17Cl2NO3S/c1-9-12(7-11(15)8-13(9)21(16,19)20)14(18)17-6-5-10-3-2-4-10/h7-8,10H,2-6H2,1H3,(H,17,18). The predicted octanol–water partition coefficient (Wildman–Crippen LogP) is 3.50. The zero-order valence-electron chi connectivity index (χ0n) is 11.7. The van der Waals surface area contributed by atoms with Crippen LogP contribution in [0.5, 0.6) is 0 Å². The molecule has 1 saturated carbocycles. The maximum atomic E-state index is 12.2. The van der Waals surface area contributed by atoms with Crippen molar-refractivity contribution in [3.05, 3.63) is 28.3 Å². The maximum Gasteiger partial charge on any atom is 0.261 e. The minimum absolute atomic E-state index is 0.124. The fraction of sp³-hybridized carbons (Fsp3) is 0.500. The van der Waals surface area contributed by atoms with Crippen LogP contribution in [0.25, 0.3) is 0 Å². The van der Waals surface area contributed by atoms with E-state index in [-0.39, 0.29) is 21.4 Å². The van der Waals surface area contributed by atoms with Gasteiger partial charge >= 0.3 is 0 Å². The minimum atomic E-state index is -3.93. The summed E-state index contributed by atoms with van der Waals surface area (Å²) in [6, 6.07) is 2.71. The van der Waals surface area contributed by atoms with Crippen molar-refractivity contribution in [2.45, 2.75) is 37.5 Å². The molecule has 0 aromatic heterocycles. The molecule has 116 valence electrons. The molecule has 1 N–H and O–H groups in total. The minimum Gasteiger partial charge on any atom is -0.352 e. The van der Waals surface area contributed by atoms with E-state index in [0.717, 1.165) is 6.42 Å². The third-order valence-electron chi connectivity index (χ3n) is 3.90. The van der Waals surface area contributed by atoms with Crippen LogP contribution >= 0.6 is 22.3 Å². The number of hydrogen-bond donors (Lipinski definition) is 1. The van der Waals surface area contributed by atoms with Gasteiger partial charge in [-0.1, -0.05) is 30.9 Å². The topological polar surface area (TPSA) is 63.2 Å². The summed E-state index contributed by atoms with van der Waals surface area (Å²) in [5.74, 6) is 0.375. The number of carbonyl (C=O) groups excluding carboxylic acids is 1. The third-order valence-corrected chi connectivity index (χ3v) is 5.56. The van der Waals surface area contributed by atoms with Crippen molar-refractivity contribution in [2.75, 3.05) is 6.54 Å². The Morgan fingerprint density at radius 2 is 2.05 bits per heavy atom. The Morgan fingerprint density at radius 3 is 2.57 bits per heavy atom. The molecular formula is C14H17Cl2NO3S. The van der Waals surface area contributed by atoms with Crippen LogP contribution in [0.2, 0.25) is 5.02 Å².